The number of aryl methyl sites for hydroxylation is 3. The number of aromatic amines is 1. The summed E-state index contributed by atoms with van der Waals surface area (Å²) in [7, 11) is 0. The highest BCUT2D eigenvalue weighted by Gasteiger charge is 2.73. The van der Waals surface area contributed by atoms with Crippen LogP contribution in [0.3, 0.4) is 0 Å². The van der Waals surface area contributed by atoms with Crippen LogP contribution in [-0.4, -0.2) is 19.7 Å². The minimum absolute atomic E-state index is 0.238. The average molecular weight is 476 g/mol. The zero-order valence-electron chi connectivity index (χ0n) is 20.2. The van der Waals surface area contributed by atoms with Crippen LogP contribution in [0.5, 0.6) is 5.75 Å². The van der Waals surface area contributed by atoms with Crippen molar-refractivity contribution in [2.75, 3.05) is 0 Å². The summed E-state index contributed by atoms with van der Waals surface area (Å²) in [6, 6.07) is 23.6. The molecule has 0 amide bonds. The number of H-pyrrole nitrogens is 1. The van der Waals surface area contributed by atoms with E-state index in [1.54, 1.807) is 12.3 Å². The number of hydrogen-bond acceptors (Lipinski definition) is 4. The molecule has 6 heteroatoms. The first-order chi connectivity index (χ1) is 17.4. The molecule has 3 atom stereocenters. The fraction of sp³-hybridized carbons (Fsp3) is 0.200. The zero-order chi connectivity index (χ0) is 24.8. The number of nitrogens with zero attached hydrogens (tertiary/aromatic N) is 2. The fourth-order valence-electron chi connectivity index (χ4n) is 6.46. The summed E-state index contributed by atoms with van der Waals surface area (Å²) >= 11 is 0. The Kier molecular flexibility index (Phi) is 4.09. The lowest BCUT2D eigenvalue weighted by Crippen LogP contribution is -2.49. The molecule has 5 aromatic rings. The molecule has 7 rings (SSSR count). The van der Waals surface area contributed by atoms with E-state index in [9.17, 15) is 9.90 Å². The monoisotopic (exact) mass is 475 g/mol. The van der Waals surface area contributed by atoms with Crippen molar-refractivity contribution in [2.45, 2.75) is 37.9 Å². The van der Waals surface area contributed by atoms with Crippen molar-refractivity contribution in [1.29, 1.82) is 0 Å². The lowest BCUT2D eigenvalue weighted by atomic mass is 9.69. The number of fused-ring (bicyclic) bond motifs is 6. The second kappa shape index (κ2) is 6.95. The van der Waals surface area contributed by atoms with E-state index in [2.05, 4.69) is 5.10 Å². The van der Waals surface area contributed by atoms with Crippen LogP contribution in [0.25, 0.3) is 5.65 Å². The quantitative estimate of drug-likeness (QED) is 0.391. The molecule has 0 fully saturated rings. The van der Waals surface area contributed by atoms with Gasteiger partial charge in [0.25, 0.3) is 5.56 Å². The summed E-state index contributed by atoms with van der Waals surface area (Å²) in [6.45, 7) is 6.03. The van der Waals surface area contributed by atoms with Gasteiger partial charge in [-0.3, -0.25) is 9.89 Å². The van der Waals surface area contributed by atoms with Crippen molar-refractivity contribution >= 4 is 5.65 Å². The number of rotatable bonds is 2. The molecular weight excluding hydrogens is 450 g/mol. The summed E-state index contributed by atoms with van der Waals surface area (Å²) in [5.74, 6) is 0.0203. The Morgan fingerprint density at radius 2 is 1.72 bits per heavy atom. The maximum Gasteiger partial charge on any atom is 0.277 e. The predicted octanol–water partition coefficient (Wildman–Crippen LogP) is 4.62. The zero-order valence-corrected chi connectivity index (χ0v) is 20.2. The standard InChI is InChI=1S/C30H25N3O3/c1-17-9-11-21(12-10-17)30-26(20-7-5-4-6-8-20)24-27(32-23-13-14-31-33(23)28(24)34)29(30,35)25-19(3)15-18(2)16-22(25)36-30/h4-16,26,31,35H,1-3H3/t26-,29+,30+/m1/s1. The molecule has 36 heavy (non-hydrogen) atoms. The van der Waals surface area contributed by atoms with Gasteiger partial charge in [0.15, 0.2) is 16.8 Å². The topological polar surface area (TPSA) is 79.6 Å². The average Bonchev–Trinajstić information content (AvgIpc) is 3.49. The number of hydrogen-bond donors (Lipinski definition) is 2. The number of nitrogens with one attached hydrogen (secondary N) is 1. The molecule has 6 nitrogen and oxygen atoms in total. The Morgan fingerprint density at radius 3 is 2.47 bits per heavy atom. The maximum absolute atomic E-state index is 14.0. The van der Waals surface area contributed by atoms with Gasteiger partial charge < -0.3 is 9.84 Å². The third-order valence-corrected chi connectivity index (χ3v) is 7.85. The Bertz CT molecular complexity index is 1740. The summed E-state index contributed by atoms with van der Waals surface area (Å²) in [5, 5.41) is 16.1. The van der Waals surface area contributed by atoms with Gasteiger partial charge in [-0.15, -0.1) is 0 Å². The molecule has 0 bridgehead atoms. The van der Waals surface area contributed by atoms with Crippen LogP contribution in [0.1, 0.15) is 50.6 Å². The number of benzene rings is 3. The normalized spacial score (nSPS) is 23.8. The Morgan fingerprint density at radius 1 is 0.972 bits per heavy atom. The van der Waals surface area contributed by atoms with E-state index in [4.69, 9.17) is 9.72 Å². The lowest BCUT2D eigenvalue weighted by Gasteiger charge is -2.40. The largest absolute Gasteiger partial charge is 0.477 e. The molecule has 0 saturated heterocycles. The first-order valence-corrected chi connectivity index (χ1v) is 12.1. The molecule has 2 aliphatic rings. The van der Waals surface area contributed by atoms with Gasteiger partial charge in [0.2, 0.25) is 0 Å². The molecule has 1 aliphatic heterocycles. The molecule has 2 aromatic heterocycles. The number of ether oxygens (including phenoxy) is 1. The highest BCUT2D eigenvalue weighted by molar-refractivity contribution is 5.67. The van der Waals surface area contributed by atoms with Crippen LogP contribution < -0.4 is 10.3 Å². The number of aliphatic hydroxyl groups is 1. The van der Waals surface area contributed by atoms with E-state index in [-0.39, 0.29) is 5.56 Å². The van der Waals surface area contributed by atoms with Crippen molar-refractivity contribution in [3.8, 4) is 5.75 Å². The molecule has 2 N–H and O–H groups in total. The molecule has 3 aromatic carbocycles. The van der Waals surface area contributed by atoms with Gasteiger partial charge in [-0.1, -0.05) is 66.2 Å². The van der Waals surface area contributed by atoms with Crippen LogP contribution in [0.4, 0.5) is 0 Å². The van der Waals surface area contributed by atoms with E-state index in [0.717, 1.165) is 27.8 Å². The summed E-state index contributed by atoms with van der Waals surface area (Å²) in [6.07, 6.45) is 1.68. The lowest BCUT2D eigenvalue weighted by molar-refractivity contribution is -0.0905. The van der Waals surface area contributed by atoms with Gasteiger partial charge in [-0.25, -0.2) is 9.50 Å². The third kappa shape index (κ3) is 2.39. The Hall–Kier alpha value is -4.16. The molecule has 0 spiro atoms. The van der Waals surface area contributed by atoms with Crippen LogP contribution in [0, 0.1) is 20.8 Å². The van der Waals surface area contributed by atoms with Gasteiger partial charge in [-0.05, 0) is 43.5 Å². The van der Waals surface area contributed by atoms with Gasteiger partial charge in [-0.2, -0.15) is 0 Å². The molecule has 0 radical (unpaired) electrons. The first-order valence-electron chi connectivity index (χ1n) is 12.1. The summed E-state index contributed by atoms with van der Waals surface area (Å²) in [5.41, 5.74) is 3.38. The molecule has 0 saturated carbocycles. The molecule has 3 heterocycles. The van der Waals surface area contributed by atoms with Crippen LogP contribution in [0.15, 0.2) is 83.8 Å². The van der Waals surface area contributed by atoms with Crippen molar-refractivity contribution in [2.24, 2.45) is 0 Å². The second-order valence-corrected chi connectivity index (χ2v) is 10.0. The fourth-order valence-corrected chi connectivity index (χ4v) is 6.46. The van der Waals surface area contributed by atoms with Gasteiger partial charge in [0, 0.05) is 23.4 Å². The highest BCUT2D eigenvalue weighted by atomic mass is 16.5. The minimum atomic E-state index is -1.68. The highest BCUT2D eigenvalue weighted by Crippen LogP contribution is 2.68. The summed E-state index contributed by atoms with van der Waals surface area (Å²) in [4.78, 5) is 19.0. The SMILES string of the molecule is Cc1ccc([C@@]23Oc4cc(C)cc(C)c4[C@]2(O)c2nc4cc[nH]n4c(=O)c2[C@H]3c2ccccc2)cc1. The Labute approximate surface area is 207 Å². The van der Waals surface area contributed by atoms with Crippen molar-refractivity contribution in [3.05, 3.63) is 134 Å². The van der Waals surface area contributed by atoms with E-state index in [1.807, 2.05) is 87.5 Å². The van der Waals surface area contributed by atoms with Gasteiger partial charge in [0.05, 0.1) is 17.2 Å². The van der Waals surface area contributed by atoms with E-state index in [0.29, 0.717) is 28.2 Å². The summed E-state index contributed by atoms with van der Waals surface area (Å²) < 4.78 is 8.40. The molecule has 1 aliphatic carbocycles. The van der Waals surface area contributed by atoms with Crippen molar-refractivity contribution in [3.63, 3.8) is 0 Å². The molecular formula is C30H25N3O3. The van der Waals surface area contributed by atoms with Crippen LogP contribution >= 0.6 is 0 Å². The van der Waals surface area contributed by atoms with E-state index < -0.39 is 17.1 Å². The minimum Gasteiger partial charge on any atom is -0.477 e. The van der Waals surface area contributed by atoms with Crippen LogP contribution in [0.2, 0.25) is 0 Å². The van der Waals surface area contributed by atoms with Crippen LogP contribution in [-0.2, 0) is 11.2 Å². The second-order valence-electron chi connectivity index (χ2n) is 10.0. The number of aromatic nitrogens is 3. The molecule has 178 valence electrons. The van der Waals surface area contributed by atoms with Gasteiger partial charge in [0.1, 0.15) is 5.75 Å². The molecule has 0 unspecified atom stereocenters. The van der Waals surface area contributed by atoms with Gasteiger partial charge >= 0.3 is 0 Å². The van der Waals surface area contributed by atoms with Crippen molar-refractivity contribution in [1.82, 2.24) is 14.6 Å². The van der Waals surface area contributed by atoms with E-state index >= 15 is 0 Å². The first kappa shape index (κ1) is 21.1. The third-order valence-electron chi connectivity index (χ3n) is 7.85. The van der Waals surface area contributed by atoms with E-state index in [1.165, 1.54) is 4.52 Å². The predicted molar refractivity (Wildman–Crippen MR) is 136 cm³/mol. The van der Waals surface area contributed by atoms with Crippen molar-refractivity contribution < 1.29 is 9.84 Å². The maximum atomic E-state index is 14.0. The Balaban J connectivity index is 1.70. The smallest absolute Gasteiger partial charge is 0.277 e.